The fourth-order valence-corrected chi connectivity index (χ4v) is 3.92. The Labute approximate surface area is 114 Å². The van der Waals surface area contributed by atoms with Crippen molar-refractivity contribution in [2.75, 3.05) is 13.1 Å². The van der Waals surface area contributed by atoms with Crippen LogP contribution in [0.1, 0.15) is 33.1 Å². The van der Waals surface area contributed by atoms with E-state index in [0.717, 1.165) is 19.3 Å². The monoisotopic (exact) mass is 285 g/mol. The van der Waals surface area contributed by atoms with E-state index in [0.29, 0.717) is 13.1 Å². The highest BCUT2D eigenvalue weighted by Crippen LogP contribution is 2.35. The lowest BCUT2D eigenvalue weighted by molar-refractivity contribution is 0.168. The van der Waals surface area contributed by atoms with Crippen molar-refractivity contribution in [3.8, 4) is 0 Å². The smallest absolute Gasteiger partial charge is 0.207 e. The van der Waals surface area contributed by atoms with E-state index in [1.54, 1.807) is 6.07 Å². The maximum atomic E-state index is 13.7. The highest BCUT2D eigenvalue weighted by atomic mass is 32.2. The van der Waals surface area contributed by atoms with Gasteiger partial charge in [-0.3, -0.25) is 0 Å². The van der Waals surface area contributed by atoms with Crippen LogP contribution in [0.3, 0.4) is 0 Å². The van der Waals surface area contributed by atoms with E-state index in [1.165, 1.54) is 22.5 Å². The topological polar surface area (TPSA) is 37.4 Å². The summed E-state index contributed by atoms with van der Waals surface area (Å²) in [5.41, 5.74) is 0.210. The number of nitrogens with zero attached hydrogens (tertiary/aromatic N) is 1. The Hall–Kier alpha value is -0.940. The fourth-order valence-electron chi connectivity index (χ4n) is 2.41. The van der Waals surface area contributed by atoms with Crippen LogP contribution in [0, 0.1) is 11.2 Å². The van der Waals surface area contributed by atoms with E-state index >= 15 is 0 Å². The van der Waals surface area contributed by atoms with Crippen molar-refractivity contribution < 1.29 is 12.8 Å². The molecule has 1 aromatic rings. The van der Waals surface area contributed by atoms with Crippen LogP contribution in [0.15, 0.2) is 29.2 Å². The van der Waals surface area contributed by atoms with Crippen LogP contribution in [0.4, 0.5) is 4.39 Å². The quantitative estimate of drug-likeness (QED) is 0.856. The predicted octanol–water partition coefficient (Wildman–Crippen LogP) is 3.03. The van der Waals surface area contributed by atoms with Gasteiger partial charge in [-0.2, -0.15) is 4.31 Å². The van der Waals surface area contributed by atoms with Crippen LogP contribution in [0.2, 0.25) is 0 Å². The lowest BCUT2D eigenvalue weighted by Crippen LogP contribution is -2.42. The van der Waals surface area contributed by atoms with E-state index < -0.39 is 15.8 Å². The molecule has 1 fully saturated rings. The van der Waals surface area contributed by atoms with E-state index in [2.05, 4.69) is 13.8 Å². The number of hydrogen-bond acceptors (Lipinski definition) is 2. The second kappa shape index (κ2) is 5.21. The fraction of sp³-hybridized carbons (Fsp3) is 0.571. The molecular formula is C14H20FNO2S. The molecule has 0 saturated carbocycles. The van der Waals surface area contributed by atoms with Gasteiger partial charge in [0.15, 0.2) is 0 Å². The molecule has 5 heteroatoms. The molecule has 3 nitrogen and oxygen atoms in total. The third-order valence-electron chi connectivity index (χ3n) is 4.24. The molecule has 0 N–H and O–H groups in total. The average molecular weight is 285 g/mol. The number of halogens is 1. The summed E-state index contributed by atoms with van der Waals surface area (Å²) in [7, 11) is -3.69. The summed E-state index contributed by atoms with van der Waals surface area (Å²) in [5.74, 6) is -0.675. The molecule has 1 aromatic carbocycles. The van der Waals surface area contributed by atoms with Gasteiger partial charge in [-0.05, 0) is 30.4 Å². The molecule has 106 valence electrons. The molecule has 1 heterocycles. The Morgan fingerprint density at radius 1 is 1.26 bits per heavy atom. The molecule has 19 heavy (non-hydrogen) atoms. The second-order valence-electron chi connectivity index (χ2n) is 5.50. The molecule has 0 bridgehead atoms. The number of benzene rings is 1. The summed E-state index contributed by atoms with van der Waals surface area (Å²) in [4.78, 5) is -0.213. The zero-order valence-electron chi connectivity index (χ0n) is 11.4. The van der Waals surface area contributed by atoms with Crippen LogP contribution in [0.25, 0.3) is 0 Å². The second-order valence-corrected chi connectivity index (χ2v) is 7.41. The van der Waals surface area contributed by atoms with Crippen molar-refractivity contribution in [2.45, 2.75) is 38.0 Å². The van der Waals surface area contributed by atoms with Gasteiger partial charge in [0.2, 0.25) is 10.0 Å². The van der Waals surface area contributed by atoms with Gasteiger partial charge < -0.3 is 0 Å². The molecule has 0 radical (unpaired) electrons. The molecule has 1 saturated heterocycles. The van der Waals surface area contributed by atoms with Gasteiger partial charge in [-0.25, -0.2) is 12.8 Å². The van der Waals surface area contributed by atoms with Crippen molar-refractivity contribution in [2.24, 2.45) is 5.41 Å². The Morgan fingerprint density at radius 2 is 1.84 bits per heavy atom. The summed E-state index contributed by atoms with van der Waals surface area (Å²) < 4.78 is 39.8. The normalized spacial score (nSPS) is 20.4. The maximum absolute atomic E-state index is 13.7. The van der Waals surface area contributed by atoms with E-state index in [9.17, 15) is 12.8 Å². The highest BCUT2D eigenvalue weighted by molar-refractivity contribution is 7.89. The molecule has 1 aliphatic heterocycles. The molecule has 0 aliphatic carbocycles. The van der Waals surface area contributed by atoms with Crippen LogP contribution in [-0.4, -0.2) is 25.8 Å². The van der Waals surface area contributed by atoms with Gasteiger partial charge in [0.1, 0.15) is 10.7 Å². The highest BCUT2D eigenvalue weighted by Gasteiger charge is 2.35. The van der Waals surface area contributed by atoms with Gasteiger partial charge in [-0.15, -0.1) is 0 Å². The number of rotatable bonds is 3. The summed E-state index contributed by atoms with van der Waals surface area (Å²) in [5, 5.41) is 0. The van der Waals surface area contributed by atoms with Crippen LogP contribution in [0.5, 0.6) is 0 Å². The molecule has 2 rings (SSSR count). The standard InChI is InChI=1S/C14H20FNO2S/c1-3-14(2)8-10-16(11-9-14)19(17,18)13-7-5-4-6-12(13)15/h4-7H,3,8-11H2,1-2H3. The molecule has 1 aliphatic rings. The lowest BCUT2D eigenvalue weighted by Gasteiger charge is -2.38. The number of piperidine rings is 1. The minimum absolute atomic E-state index is 0.210. The number of hydrogen-bond donors (Lipinski definition) is 0. The first kappa shape index (κ1) is 14.5. The largest absolute Gasteiger partial charge is 0.245 e. The van der Waals surface area contributed by atoms with E-state index in [1.807, 2.05) is 0 Å². The third kappa shape index (κ3) is 2.82. The predicted molar refractivity (Wildman–Crippen MR) is 72.8 cm³/mol. The van der Waals surface area contributed by atoms with Crippen molar-refractivity contribution in [3.05, 3.63) is 30.1 Å². The zero-order chi connectivity index (χ0) is 14.1. The van der Waals surface area contributed by atoms with Gasteiger partial charge in [0.25, 0.3) is 0 Å². The summed E-state index contributed by atoms with van der Waals surface area (Å²) >= 11 is 0. The molecular weight excluding hydrogens is 265 g/mol. The Kier molecular flexibility index (Phi) is 3.97. The third-order valence-corrected chi connectivity index (χ3v) is 6.17. The molecule has 0 amide bonds. The Morgan fingerprint density at radius 3 is 2.37 bits per heavy atom. The van der Waals surface area contributed by atoms with Crippen LogP contribution in [-0.2, 0) is 10.0 Å². The van der Waals surface area contributed by atoms with Crippen molar-refractivity contribution in [1.29, 1.82) is 0 Å². The Bertz CT molecular complexity index is 548. The van der Waals surface area contributed by atoms with E-state index in [-0.39, 0.29) is 10.3 Å². The Balaban J connectivity index is 2.22. The van der Waals surface area contributed by atoms with Crippen molar-refractivity contribution >= 4 is 10.0 Å². The first-order valence-corrected chi connectivity index (χ1v) is 8.08. The SMILES string of the molecule is CCC1(C)CCN(S(=O)(=O)c2ccccc2F)CC1. The minimum Gasteiger partial charge on any atom is -0.207 e. The average Bonchev–Trinajstić information content (AvgIpc) is 2.39. The number of sulfonamides is 1. The molecule has 0 aromatic heterocycles. The molecule has 0 spiro atoms. The molecule has 0 unspecified atom stereocenters. The van der Waals surface area contributed by atoms with Gasteiger partial charge >= 0.3 is 0 Å². The van der Waals surface area contributed by atoms with Crippen LogP contribution >= 0.6 is 0 Å². The maximum Gasteiger partial charge on any atom is 0.245 e. The van der Waals surface area contributed by atoms with Gasteiger partial charge in [0, 0.05) is 13.1 Å². The summed E-state index contributed by atoms with van der Waals surface area (Å²) in [6.07, 6.45) is 2.70. The van der Waals surface area contributed by atoms with Crippen molar-refractivity contribution in [3.63, 3.8) is 0 Å². The van der Waals surface area contributed by atoms with Gasteiger partial charge in [-0.1, -0.05) is 32.4 Å². The summed E-state index contributed by atoms with van der Waals surface area (Å²) in [6, 6.07) is 5.57. The molecule has 0 atom stereocenters. The zero-order valence-corrected chi connectivity index (χ0v) is 12.2. The van der Waals surface area contributed by atoms with E-state index in [4.69, 9.17) is 0 Å². The first-order valence-electron chi connectivity index (χ1n) is 6.64. The van der Waals surface area contributed by atoms with Crippen LogP contribution < -0.4 is 0 Å². The van der Waals surface area contributed by atoms with Gasteiger partial charge in [0.05, 0.1) is 0 Å². The minimum atomic E-state index is -3.69. The lowest BCUT2D eigenvalue weighted by atomic mass is 9.79. The first-order chi connectivity index (χ1) is 8.89. The van der Waals surface area contributed by atoms with Crippen molar-refractivity contribution in [1.82, 2.24) is 4.31 Å². The summed E-state index contributed by atoms with van der Waals surface area (Å²) in [6.45, 7) is 5.25.